The molecule has 11 heteroatoms. The highest BCUT2D eigenvalue weighted by atomic mass is 35.5. The van der Waals surface area contributed by atoms with Crippen molar-refractivity contribution in [2.75, 3.05) is 37.4 Å². The average molecular weight is 413 g/mol. The van der Waals surface area contributed by atoms with Crippen molar-refractivity contribution < 1.29 is 13.2 Å². The normalized spacial score (nSPS) is 15.2. The lowest BCUT2D eigenvalue weighted by Gasteiger charge is -2.24. The summed E-state index contributed by atoms with van der Waals surface area (Å²) in [4.78, 5) is 18.7. The number of sulfonamides is 1. The summed E-state index contributed by atoms with van der Waals surface area (Å²) in [6.07, 6.45) is 3.37. The molecule has 1 aromatic heterocycles. The Hall–Kier alpha value is -2.17. The first kappa shape index (κ1) is 19.6. The molecule has 2 aromatic rings. The van der Waals surface area contributed by atoms with E-state index in [1.165, 1.54) is 38.7 Å². The number of benzene rings is 1. The van der Waals surface area contributed by atoms with Crippen molar-refractivity contribution in [2.45, 2.75) is 24.2 Å². The zero-order valence-corrected chi connectivity index (χ0v) is 16.6. The molecule has 0 aliphatic carbocycles. The lowest BCUT2D eigenvalue weighted by atomic mass is 10.1. The summed E-state index contributed by atoms with van der Waals surface area (Å²) in [6, 6.07) is 4.08. The van der Waals surface area contributed by atoms with E-state index in [-0.39, 0.29) is 21.4 Å². The fourth-order valence-corrected chi connectivity index (χ4v) is 4.16. The minimum absolute atomic E-state index is 0.0484. The van der Waals surface area contributed by atoms with E-state index in [1.807, 2.05) is 0 Å². The lowest BCUT2D eigenvalue weighted by molar-refractivity contribution is 0.102. The number of rotatable bonds is 5. The molecule has 1 aliphatic heterocycles. The van der Waals surface area contributed by atoms with Crippen LogP contribution in [0.15, 0.2) is 23.1 Å². The predicted molar refractivity (Wildman–Crippen MR) is 103 cm³/mol. The maximum Gasteiger partial charge on any atom is 0.258 e. The number of carbonyl (C=O) groups excluding carboxylic acids is 1. The number of aromatic amines is 1. The largest absolute Gasteiger partial charge is 0.340 e. The van der Waals surface area contributed by atoms with Crippen molar-refractivity contribution in [1.82, 2.24) is 19.5 Å². The Bertz CT molecular complexity index is 937. The highest BCUT2D eigenvalue weighted by Crippen LogP contribution is 2.25. The highest BCUT2D eigenvalue weighted by Gasteiger charge is 2.23. The first-order valence-corrected chi connectivity index (χ1v) is 10.3. The second kappa shape index (κ2) is 7.83. The number of nitrogens with one attached hydrogen (secondary N) is 2. The summed E-state index contributed by atoms with van der Waals surface area (Å²) in [5.41, 5.74) is 0.149. The van der Waals surface area contributed by atoms with Crippen LogP contribution in [0.25, 0.3) is 0 Å². The summed E-state index contributed by atoms with van der Waals surface area (Å²) in [6.45, 7) is 1.77. The van der Waals surface area contributed by atoms with Crippen LogP contribution in [0.3, 0.4) is 0 Å². The number of carbonyl (C=O) groups is 1. The van der Waals surface area contributed by atoms with Crippen molar-refractivity contribution in [3.05, 3.63) is 28.8 Å². The zero-order chi connectivity index (χ0) is 19.6. The Labute approximate surface area is 162 Å². The van der Waals surface area contributed by atoms with Crippen molar-refractivity contribution in [3.63, 3.8) is 0 Å². The Morgan fingerprint density at radius 2 is 1.96 bits per heavy atom. The van der Waals surface area contributed by atoms with Crippen LogP contribution >= 0.6 is 11.6 Å². The molecule has 2 N–H and O–H groups in total. The second-order valence-corrected chi connectivity index (χ2v) is 8.95. The molecular formula is C16H21ClN6O3S. The Morgan fingerprint density at radius 3 is 2.63 bits per heavy atom. The van der Waals surface area contributed by atoms with Gasteiger partial charge in [-0.25, -0.2) is 17.8 Å². The molecule has 3 rings (SSSR count). The van der Waals surface area contributed by atoms with Crippen LogP contribution in [-0.4, -0.2) is 61.0 Å². The molecule has 9 nitrogen and oxygen atoms in total. The van der Waals surface area contributed by atoms with E-state index < -0.39 is 15.9 Å². The standard InChI is InChI=1S/C16H21ClN6O3S/c1-22(2)27(25,26)13-10-11(6-7-12(13)17)14(24)18-15-19-16(21-20-15)23-8-4-3-5-9-23/h6-7,10H,3-5,8-9H2,1-2H3,(H2,18,19,20,21,24). The van der Waals surface area contributed by atoms with Gasteiger partial charge in [0, 0.05) is 32.7 Å². The number of nitrogens with zero attached hydrogens (tertiary/aromatic N) is 4. The summed E-state index contributed by atoms with van der Waals surface area (Å²) in [5.74, 6) is 0.229. The number of anilines is 2. The lowest BCUT2D eigenvalue weighted by Crippen LogP contribution is -2.30. The van der Waals surface area contributed by atoms with E-state index in [9.17, 15) is 13.2 Å². The van der Waals surface area contributed by atoms with Crippen LogP contribution in [0.2, 0.25) is 5.02 Å². The number of hydrogen-bond donors (Lipinski definition) is 2. The van der Waals surface area contributed by atoms with Crippen molar-refractivity contribution in [3.8, 4) is 0 Å². The van der Waals surface area contributed by atoms with Gasteiger partial charge < -0.3 is 4.90 Å². The molecule has 0 bridgehead atoms. The third-order valence-electron chi connectivity index (χ3n) is 4.30. The zero-order valence-electron chi connectivity index (χ0n) is 15.1. The maximum absolute atomic E-state index is 12.5. The monoisotopic (exact) mass is 412 g/mol. The van der Waals surface area contributed by atoms with Gasteiger partial charge in [0.25, 0.3) is 5.91 Å². The molecule has 0 spiro atoms. The number of halogens is 1. The summed E-state index contributed by atoms with van der Waals surface area (Å²) < 4.78 is 25.7. The first-order valence-electron chi connectivity index (χ1n) is 8.50. The molecule has 0 saturated carbocycles. The predicted octanol–water partition coefficient (Wildman–Crippen LogP) is 1.95. The van der Waals surface area contributed by atoms with E-state index in [0.29, 0.717) is 5.95 Å². The highest BCUT2D eigenvalue weighted by molar-refractivity contribution is 7.89. The van der Waals surface area contributed by atoms with Gasteiger partial charge in [-0.15, -0.1) is 5.10 Å². The van der Waals surface area contributed by atoms with Crippen LogP contribution < -0.4 is 10.2 Å². The molecule has 1 aromatic carbocycles. The molecule has 1 saturated heterocycles. The van der Waals surface area contributed by atoms with Gasteiger partial charge in [0.2, 0.25) is 21.9 Å². The van der Waals surface area contributed by atoms with Crippen LogP contribution in [0.1, 0.15) is 29.6 Å². The Kier molecular flexibility index (Phi) is 5.68. The van der Waals surface area contributed by atoms with E-state index in [1.54, 1.807) is 0 Å². The van der Waals surface area contributed by atoms with Gasteiger partial charge in [0.1, 0.15) is 4.90 Å². The van der Waals surface area contributed by atoms with Crippen molar-refractivity contribution in [2.24, 2.45) is 0 Å². The SMILES string of the molecule is CN(C)S(=O)(=O)c1cc(C(=O)Nc2nc(N3CCCCC3)n[nH]2)ccc1Cl. The molecule has 146 valence electrons. The second-order valence-electron chi connectivity index (χ2n) is 6.42. The van der Waals surface area contributed by atoms with Gasteiger partial charge in [0.15, 0.2) is 0 Å². The first-order chi connectivity index (χ1) is 12.8. The van der Waals surface area contributed by atoms with Gasteiger partial charge in [-0.2, -0.15) is 4.98 Å². The number of piperidine rings is 1. The number of amides is 1. The molecule has 0 unspecified atom stereocenters. The number of aromatic nitrogens is 3. The number of H-pyrrole nitrogens is 1. The Morgan fingerprint density at radius 1 is 1.26 bits per heavy atom. The molecule has 2 heterocycles. The average Bonchev–Trinajstić information content (AvgIpc) is 3.11. The fraction of sp³-hybridized carbons (Fsp3) is 0.438. The Balaban J connectivity index is 1.78. The van der Waals surface area contributed by atoms with E-state index >= 15 is 0 Å². The molecule has 1 fully saturated rings. The summed E-state index contributed by atoms with van der Waals surface area (Å²) in [5, 5.41) is 9.47. The summed E-state index contributed by atoms with van der Waals surface area (Å²) in [7, 11) is -0.972. The van der Waals surface area contributed by atoms with Crippen LogP contribution in [-0.2, 0) is 10.0 Å². The smallest absolute Gasteiger partial charge is 0.258 e. The van der Waals surface area contributed by atoms with Crippen molar-refractivity contribution in [1.29, 1.82) is 0 Å². The molecule has 1 aliphatic rings. The number of hydrogen-bond acceptors (Lipinski definition) is 6. The molecule has 27 heavy (non-hydrogen) atoms. The van der Waals surface area contributed by atoms with Crippen LogP contribution in [0.5, 0.6) is 0 Å². The third-order valence-corrected chi connectivity index (χ3v) is 6.59. The van der Waals surface area contributed by atoms with Gasteiger partial charge >= 0.3 is 0 Å². The van der Waals surface area contributed by atoms with Gasteiger partial charge in [-0.1, -0.05) is 11.6 Å². The minimum atomic E-state index is -3.77. The quantitative estimate of drug-likeness (QED) is 0.776. The van der Waals surface area contributed by atoms with Gasteiger partial charge in [0.05, 0.1) is 5.02 Å². The topological polar surface area (TPSA) is 111 Å². The van der Waals surface area contributed by atoms with E-state index in [4.69, 9.17) is 11.6 Å². The molecular weight excluding hydrogens is 392 g/mol. The van der Waals surface area contributed by atoms with Crippen LogP contribution in [0, 0.1) is 0 Å². The van der Waals surface area contributed by atoms with E-state index in [2.05, 4.69) is 25.4 Å². The minimum Gasteiger partial charge on any atom is -0.340 e. The summed E-state index contributed by atoms with van der Waals surface area (Å²) >= 11 is 6.01. The fourth-order valence-electron chi connectivity index (χ4n) is 2.76. The van der Waals surface area contributed by atoms with E-state index in [0.717, 1.165) is 30.2 Å². The molecule has 1 amide bonds. The van der Waals surface area contributed by atoms with Gasteiger partial charge in [-0.05, 0) is 37.5 Å². The maximum atomic E-state index is 12.5. The molecule has 0 radical (unpaired) electrons. The molecule has 0 atom stereocenters. The van der Waals surface area contributed by atoms with Crippen LogP contribution in [0.4, 0.5) is 11.9 Å². The van der Waals surface area contributed by atoms with Gasteiger partial charge in [-0.3, -0.25) is 10.1 Å². The van der Waals surface area contributed by atoms with Crippen molar-refractivity contribution >= 4 is 39.4 Å². The third kappa shape index (κ3) is 4.23.